The number of ketones is 1. The Morgan fingerprint density at radius 2 is 1.76 bits per heavy atom. The third-order valence-electron chi connectivity index (χ3n) is 7.40. The lowest BCUT2D eigenvalue weighted by Gasteiger charge is -2.27. The number of nitrogens with zero attached hydrogens (tertiary/aromatic N) is 2. The fourth-order valence-corrected chi connectivity index (χ4v) is 5.38. The molecule has 0 spiro atoms. The number of benzene rings is 2. The zero-order valence-corrected chi connectivity index (χ0v) is 23.7. The maximum atomic E-state index is 14.0. The van der Waals surface area contributed by atoms with E-state index in [1.165, 1.54) is 13.3 Å². The number of aryl methyl sites for hydroxylation is 1. The number of amides is 1. The van der Waals surface area contributed by atoms with Crippen LogP contribution in [0.1, 0.15) is 63.3 Å². The van der Waals surface area contributed by atoms with Crippen LogP contribution < -0.4 is 0 Å². The molecule has 0 saturated heterocycles. The van der Waals surface area contributed by atoms with Gasteiger partial charge in [-0.2, -0.15) is 0 Å². The largest absolute Gasteiger partial charge is 0.465 e. The van der Waals surface area contributed by atoms with E-state index >= 15 is 0 Å². The third kappa shape index (κ3) is 5.45. The molecule has 0 saturated carbocycles. The molecular formula is C33H31N3O6. The maximum Gasteiger partial charge on any atom is 0.337 e. The number of para-hydroxylation sites is 1. The molecule has 0 bridgehead atoms. The highest BCUT2D eigenvalue weighted by Crippen LogP contribution is 2.41. The van der Waals surface area contributed by atoms with Gasteiger partial charge in [0.25, 0.3) is 5.91 Å². The summed E-state index contributed by atoms with van der Waals surface area (Å²) in [4.78, 5) is 61.9. The van der Waals surface area contributed by atoms with Crippen molar-refractivity contribution in [3.63, 3.8) is 0 Å². The van der Waals surface area contributed by atoms with Gasteiger partial charge < -0.3 is 19.4 Å². The van der Waals surface area contributed by atoms with Crippen molar-refractivity contribution in [1.82, 2.24) is 14.9 Å². The SMILES string of the molecule is CCCC(=O)OC1=C(C(=O)c2cccnc2)C(c2ccc(C(=O)OC)cc2)N(CCc2c(C)[nH]c3ccccc23)C1=O. The summed E-state index contributed by atoms with van der Waals surface area (Å²) in [6, 6.07) is 16.8. The fraction of sp³-hybridized carbons (Fsp3) is 0.242. The van der Waals surface area contributed by atoms with E-state index in [2.05, 4.69) is 9.97 Å². The van der Waals surface area contributed by atoms with E-state index in [0.29, 0.717) is 24.0 Å². The number of pyridine rings is 1. The summed E-state index contributed by atoms with van der Waals surface area (Å²) in [5, 5.41) is 1.05. The van der Waals surface area contributed by atoms with E-state index in [4.69, 9.17) is 9.47 Å². The van der Waals surface area contributed by atoms with Crippen molar-refractivity contribution in [1.29, 1.82) is 0 Å². The van der Waals surface area contributed by atoms with Gasteiger partial charge in [-0.3, -0.25) is 19.4 Å². The Hall–Kier alpha value is -5.05. The number of hydrogen-bond acceptors (Lipinski definition) is 7. The topological polar surface area (TPSA) is 119 Å². The number of fused-ring (bicyclic) bond motifs is 1. The first-order valence-electron chi connectivity index (χ1n) is 13.8. The van der Waals surface area contributed by atoms with Crippen molar-refractivity contribution in [2.24, 2.45) is 0 Å². The first-order chi connectivity index (χ1) is 20.3. The van der Waals surface area contributed by atoms with Gasteiger partial charge in [0.2, 0.25) is 5.76 Å². The second-order valence-corrected chi connectivity index (χ2v) is 10.1. The van der Waals surface area contributed by atoms with Crippen molar-refractivity contribution in [3.05, 3.63) is 112 Å². The maximum absolute atomic E-state index is 14.0. The van der Waals surface area contributed by atoms with E-state index < -0.39 is 29.7 Å². The van der Waals surface area contributed by atoms with Gasteiger partial charge in [-0.1, -0.05) is 37.3 Å². The minimum atomic E-state index is -0.869. The van der Waals surface area contributed by atoms with Crippen molar-refractivity contribution in [3.8, 4) is 0 Å². The highest BCUT2D eigenvalue weighted by Gasteiger charge is 2.45. The van der Waals surface area contributed by atoms with Crippen LogP contribution in [0.25, 0.3) is 10.9 Å². The number of Topliss-reactive ketones (excluding diaryl/α,β-unsaturated/α-hetero) is 1. The van der Waals surface area contributed by atoms with Gasteiger partial charge in [0.05, 0.1) is 24.3 Å². The molecule has 3 heterocycles. The van der Waals surface area contributed by atoms with Gasteiger partial charge in [-0.15, -0.1) is 0 Å². The molecule has 2 aromatic carbocycles. The van der Waals surface area contributed by atoms with Gasteiger partial charge in [-0.25, -0.2) is 4.79 Å². The number of carbonyl (C=O) groups is 4. The third-order valence-corrected chi connectivity index (χ3v) is 7.40. The molecule has 1 unspecified atom stereocenters. The van der Waals surface area contributed by atoms with Crippen molar-refractivity contribution >= 4 is 34.5 Å². The second-order valence-electron chi connectivity index (χ2n) is 10.1. The molecule has 2 aromatic heterocycles. The predicted octanol–water partition coefficient (Wildman–Crippen LogP) is 5.26. The molecule has 4 aromatic rings. The van der Waals surface area contributed by atoms with Crippen LogP contribution >= 0.6 is 0 Å². The lowest BCUT2D eigenvalue weighted by molar-refractivity contribution is -0.144. The van der Waals surface area contributed by atoms with Crippen LogP contribution in [0.15, 0.2) is 84.4 Å². The molecule has 1 atom stereocenters. The molecule has 1 aliphatic rings. The number of aromatic nitrogens is 2. The van der Waals surface area contributed by atoms with Crippen molar-refractivity contribution in [2.45, 2.75) is 39.2 Å². The molecule has 1 N–H and O–H groups in total. The summed E-state index contributed by atoms with van der Waals surface area (Å²) < 4.78 is 10.5. The molecule has 0 aliphatic carbocycles. The van der Waals surface area contributed by atoms with Crippen molar-refractivity contribution in [2.75, 3.05) is 13.7 Å². The molecule has 214 valence electrons. The lowest BCUT2D eigenvalue weighted by atomic mass is 9.92. The summed E-state index contributed by atoms with van der Waals surface area (Å²) in [7, 11) is 1.30. The number of ether oxygens (including phenoxy) is 2. The highest BCUT2D eigenvalue weighted by atomic mass is 16.5. The van der Waals surface area contributed by atoms with Gasteiger partial charge in [0, 0.05) is 47.5 Å². The van der Waals surface area contributed by atoms with Crippen molar-refractivity contribution < 1.29 is 28.7 Å². The smallest absolute Gasteiger partial charge is 0.337 e. The number of H-pyrrole nitrogens is 1. The van der Waals surface area contributed by atoms with E-state index in [9.17, 15) is 19.2 Å². The molecule has 9 nitrogen and oxygen atoms in total. The normalized spacial score (nSPS) is 14.9. The summed E-state index contributed by atoms with van der Waals surface area (Å²) in [6.45, 7) is 4.05. The summed E-state index contributed by atoms with van der Waals surface area (Å²) in [5.41, 5.74) is 4.25. The summed E-state index contributed by atoms with van der Waals surface area (Å²) >= 11 is 0. The number of nitrogens with one attached hydrogen (secondary N) is 1. The second kappa shape index (κ2) is 12.2. The Kier molecular flexibility index (Phi) is 8.28. The quantitative estimate of drug-likeness (QED) is 0.206. The first-order valence-corrected chi connectivity index (χ1v) is 13.8. The van der Waals surface area contributed by atoms with Gasteiger partial charge >= 0.3 is 11.9 Å². The molecule has 42 heavy (non-hydrogen) atoms. The minimum absolute atomic E-state index is 0.0546. The zero-order valence-electron chi connectivity index (χ0n) is 23.7. The minimum Gasteiger partial charge on any atom is -0.465 e. The molecule has 1 amide bonds. The van der Waals surface area contributed by atoms with Crippen LogP contribution in [0.4, 0.5) is 0 Å². The Labute approximate surface area is 243 Å². The Balaban J connectivity index is 1.61. The van der Waals surface area contributed by atoms with Crippen LogP contribution in [0.3, 0.4) is 0 Å². The average Bonchev–Trinajstić information content (AvgIpc) is 3.47. The zero-order chi connectivity index (χ0) is 29.8. The van der Waals surface area contributed by atoms with E-state index in [1.807, 2.05) is 38.1 Å². The molecule has 5 rings (SSSR count). The predicted molar refractivity (Wildman–Crippen MR) is 156 cm³/mol. The molecule has 1 aliphatic heterocycles. The van der Waals surface area contributed by atoms with E-state index in [-0.39, 0.29) is 29.9 Å². The van der Waals surface area contributed by atoms with Crippen LogP contribution in [-0.4, -0.2) is 52.2 Å². The van der Waals surface area contributed by atoms with Gasteiger partial charge in [-0.05, 0) is 61.2 Å². The van der Waals surface area contributed by atoms with Gasteiger partial charge in [0.15, 0.2) is 5.78 Å². The van der Waals surface area contributed by atoms with Crippen LogP contribution in [0, 0.1) is 6.92 Å². The monoisotopic (exact) mass is 565 g/mol. The number of aromatic amines is 1. The molecule has 9 heteroatoms. The molecule has 0 fully saturated rings. The summed E-state index contributed by atoms with van der Waals surface area (Å²) in [6.07, 6.45) is 4.07. The number of esters is 2. The number of rotatable bonds is 10. The number of carbonyl (C=O) groups excluding carboxylic acids is 4. The molecule has 0 radical (unpaired) electrons. The Morgan fingerprint density at radius 3 is 2.45 bits per heavy atom. The Morgan fingerprint density at radius 1 is 1.00 bits per heavy atom. The van der Waals surface area contributed by atoms with Crippen LogP contribution in [0.2, 0.25) is 0 Å². The number of hydrogen-bond donors (Lipinski definition) is 1. The first kappa shape index (κ1) is 28.5. The van der Waals surface area contributed by atoms with E-state index in [1.54, 1.807) is 47.5 Å². The van der Waals surface area contributed by atoms with Crippen LogP contribution in [0.5, 0.6) is 0 Å². The standard InChI is InChI=1S/C33H31N3O6/c1-4-8-27(37)42-31-28(30(38)23-9-7-17-34-19-23)29(21-12-14-22(15-13-21)33(40)41-3)36(32(31)39)18-16-24-20(2)35-26-11-6-5-10-25(24)26/h5-7,9-15,17,19,29,35H,4,8,16,18H2,1-3H3. The van der Waals surface area contributed by atoms with Gasteiger partial charge in [0.1, 0.15) is 0 Å². The highest BCUT2D eigenvalue weighted by molar-refractivity contribution is 6.16. The van der Waals surface area contributed by atoms with E-state index in [0.717, 1.165) is 22.2 Å². The van der Waals surface area contributed by atoms with Crippen LogP contribution in [-0.2, 0) is 25.5 Å². The summed E-state index contributed by atoms with van der Waals surface area (Å²) in [5.74, 6) is -2.40. The fourth-order valence-electron chi connectivity index (χ4n) is 5.38. The molecular weight excluding hydrogens is 534 g/mol. The lowest BCUT2D eigenvalue weighted by Crippen LogP contribution is -2.33. The Bertz CT molecular complexity index is 1690. The average molecular weight is 566 g/mol. The number of methoxy groups -OCH3 is 1.